The minimum atomic E-state index is 0.653. The molecule has 2 N–H and O–H groups in total. The van der Waals surface area contributed by atoms with Gasteiger partial charge in [-0.2, -0.15) is 4.98 Å². The van der Waals surface area contributed by atoms with Crippen molar-refractivity contribution in [3.05, 3.63) is 40.2 Å². The van der Waals surface area contributed by atoms with E-state index in [0.29, 0.717) is 5.95 Å². The summed E-state index contributed by atoms with van der Waals surface area (Å²) in [5, 5.41) is 9.59. The van der Waals surface area contributed by atoms with Gasteiger partial charge < -0.3 is 10.6 Å². The van der Waals surface area contributed by atoms with Crippen LogP contribution in [0.1, 0.15) is 6.92 Å². The predicted molar refractivity (Wildman–Crippen MR) is 89.0 cm³/mol. The van der Waals surface area contributed by atoms with Crippen molar-refractivity contribution in [2.75, 3.05) is 17.2 Å². The van der Waals surface area contributed by atoms with Crippen LogP contribution in [0.25, 0.3) is 10.2 Å². The Morgan fingerprint density at radius 2 is 2.15 bits per heavy atom. The smallest absolute Gasteiger partial charge is 0.226 e. The standard InChI is InChI=1S/C14H13BrN4S/c1-2-16-14-18-12(11-6-7-20-13(11)19-14)17-10-5-3-4-9(15)8-10/h3-8H,2H2,1H3,(H2,16,17,18,19). The molecule has 1 aromatic carbocycles. The summed E-state index contributed by atoms with van der Waals surface area (Å²) < 4.78 is 1.03. The van der Waals surface area contributed by atoms with Crippen molar-refractivity contribution in [2.45, 2.75) is 6.92 Å². The van der Waals surface area contributed by atoms with Crippen LogP contribution in [0.3, 0.4) is 0 Å². The Morgan fingerprint density at radius 3 is 2.95 bits per heavy atom. The number of rotatable bonds is 4. The van der Waals surface area contributed by atoms with Crippen molar-refractivity contribution in [2.24, 2.45) is 0 Å². The van der Waals surface area contributed by atoms with Gasteiger partial charge in [-0.25, -0.2) is 4.98 Å². The first-order chi connectivity index (χ1) is 9.76. The number of anilines is 3. The van der Waals surface area contributed by atoms with Gasteiger partial charge in [0.2, 0.25) is 5.95 Å². The van der Waals surface area contributed by atoms with Crippen LogP contribution in [0.4, 0.5) is 17.5 Å². The van der Waals surface area contributed by atoms with Gasteiger partial charge in [-0.1, -0.05) is 22.0 Å². The molecule has 3 aromatic rings. The van der Waals surface area contributed by atoms with Crippen molar-refractivity contribution >= 4 is 54.9 Å². The lowest BCUT2D eigenvalue weighted by Gasteiger charge is -2.09. The van der Waals surface area contributed by atoms with Crippen molar-refractivity contribution in [3.8, 4) is 0 Å². The number of fused-ring (bicyclic) bond motifs is 1. The highest BCUT2D eigenvalue weighted by molar-refractivity contribution is 9.10. The van der Waals surface area contributed by atoms with E-state index in [1.54, 1.807) is 11.3 Å². The summed E-state index contributed by atoms with van der Waals surface area (Å²) in [5.74, 6) is 1.48. The van der Waals surface area contributed by atoms with Gasteiger partial charge in [-0.05, 0) is 36.6 Å². The zero-order valence-electron chi connectivity index (χ0n) is 10.9. The summed E-state index contributed by atoms with van der Waals surface area (Å²) >= 11 is 5.09. The second-order valence-electron chi connectivity index (χ2n) is 4.20. The third kappa shape index (κ3) is 2.76. The van der Waals surface area contributed by atoms with Crippen molar-refractivity contribution in [3.63, 3.8) is 0 Å². The van der Waals surface area contributed by atoms with Gasteiger partial charge in [0.15, 0.2) is 0 Å². The second kappa shape index (κ2) is 5.76. The lowest BCUT2D eigenvalue weighted by molar-refractivity contribution is 1.11. The molecule has 0 aliphatic carbocycles. The second-order valence-corrected chi connectivity index (χ2v) is 6.01. The fraction of sp³-hybridized carbons (Fsp3) is 0.143. The normalized spacial score (nSPS) is 10.7. The maximum atomic E-state index is 4.55. The highest BCUT2D eigenvalue weighted by Crippen LogP contribution is 2.29. The summed E-state index contributed by atoms with van der Waals surface area (Å²) in [6, 6.07) is 10.1. The molecule has 2 heterocycles. The Kier molecular flexibility index (Phi) is 3.84. The SMILES string of the molecule is CCNc1nc(Nc2cccc(Br)c2)c2ccsc2n1. The van der Waals surface area contributed by atoms with Crippen LogP contribution in [0, 0.1) is 0 Å². The molecule has 20 heavy (non-hydrogen) atoms. The van der Waals surface area contributed by atoms with Crippen LogP contribution in [-0.4, -0.2) is 16.5 Å². The molecule has 0 aliphatic rings. The van der Waals surface area contributed by atoms with Crippen LogP contribution in [-0.2, 0) is 0 Å². The van der Waals surface area contributed by atoms with E-state index in [4.69, 9.17) is 0 Å². The predicted octanol–water partition coefficient (Wildman–Crippen LogP) is 4.63. The molecule has 0 saturated heterocycles. The highest BCUT2D eigenvalue weighted by Gasteiger charge is 2.09. The molecular weight excluding hydrogens is 336 g/mol. The van der Waals surface area contributed by atoms with Crippen LogP contribution < -0.4 is 10.6 Å². The molecule has 0 atom stereocenters. The first-order valence-corrected chi connectivity index (χ1v) is 7.95. The molecule has 0 unspecified atom stereocenters. The van der Waals surface area contributed by atoms with Gasteiger partial charge in [0.05, 0.1) is 5.39 Å². The topological polar surface area (TPSA) is 49.8 Å². The minimum absolute atomic E-state index is 0.653. The van der Waals surface area contributed by atoms with E-state index in [1.807, 2.05) is 42.6 Å². The van der Waals surface area contributed by atoms with Crippen molar-refractivity contribution < 1.29 is 0 Å². The Morgan fingerprint density at radius 1 is 1.25 bits per heavy atom. The van der Waals surface area contributed by atoms with Crippen molar-refractivity contribution in [1.82, 2.24) is 9.97 Å². The molecule has 0 bridgehead atoms. The van der Waals surface area contributed by atoms with Gasteiger partial charge in [0, 0.05) is 16.7 Å². The maximum absolute atomic E-state index is 4.55. The highest BCUT2D eigenvalue weighted by atomic mass is 79.9. The van der Waals surface area contributed by atoms with E-state index < -0.39 is 0 Å². The van der Waals surface area contributed by atoms with E-state index in [-0.39, 0.29) is 0 Å². The molecule has 0 fully saturated rings. The van der Waals surface area contributed by atoms with Gasteiger partial charge >= 0.3 is 0 Å². The van der Waals surface area contributed by atoms with Crippen LogP contribution in [0.2, 0.25) is 0 Å². The quantitative estimate of drug-likeness (QED) is 0.721. The van der Waals surface area contributed by atoms with Gasteiger partial charge in [-0.3, -0.25) is 0 Å². The fourth-order valence-corrected chi connectivity index (χ4v) is 3.05. The number of thiophene rings is 1. The van der Waals surface area contributed by atoms with Crippen LogP contribution in [0.5, 0.6) is 0 Å². The Labute approximate surface area is 129 Å². The molecule has 0 radical (unpaired) electrons. The third-order valence-electron chi connectivity index (χ3n) is 2.75. The third-order valence-corrected chi connectivity index (χ3v) is 4.05. The summed E-state index contributed by atoms with van der Waals surface area (Å²) in [5.41, 5.74) is 0.994. The lowest BCUT2D eigenvalue weighted by Crippen LogP contribution is -2.04. The average molecular weight is 349 g/mol. The van der Waals surface area contributed by atoms with E-state index in [9.17, 15) is 0 Å². The molecule has 6 heteroatoms. The van der Waals surface area contributed by atoms with Crippen LogP contribution in [0.15, 0.2) is 40.2 Å². The van der Waals surface area contributed by atoms with Gasteiger partial charge in [0.1, 0.15) is 10.6 Å². The molecule has 4 nitrogen and oxygen atoms in total. The Bertz CT molecular complexity index is 741. The minimum Gasteiger partial charge on any atom is -0.354 e. The number of aromatic nitrogens is 2. The van der Waals surface area contributed by atoms with Gasteiger partial charge in [-0.15, -0.1) is 11.3 Å². The number of benzene rings is 1. The summed E-state index contributed by atoms with van der Waals surface area (Å²) in [6.45, 7) is 2.83. The summed E-state index contributed by atoms with van der Waals surface area (Å²) in [6.07, 6.45) is 0. The molecule has 0 spiro atoms. The molecule has 0 amide bonds. The number of nitrogens with zero attached hydrogens (tertiary/aromatic N) is 2. The number of halogens is 1. The summed E-state index contributed by atoms with van der Waals surface area (Å²) in [4.78, 5) is 10.0. The Hall–Kier alpha value is -1.66. The molecule has 0 saturated carbocycles. The zero-order chi connectivity index (χ0) is 13.9. The Balaban J connectivity index is 2.02. The van der Waals surface area contributed by atoms with E-state index in [0.717, 1.165) is 32.7 Å². The first kappa shape index (κ1) is 13.3. The molecule has 102 valence electrons. The summed E-state index contributed by atoms with van der Waals surface area (Å²) in [7, 11) is 0. The van der Waals surface area contributed by atoms with E-state index in [1.165, 1.54) is 0 Å². The monoisotopic (exact) mass is 348 g/mol. The van der Waals surface area contributed by atoms with E-state index in [2.05, 4.69) is 36.5 Å². The average Bonchev–Trinajstić information content (AvgIpc) is 2.87. The van der Waals surface area contributed by atoms with Crippen molar-refractivity contribution in [1.29, 1.82) is 0 Å². The molecule has 0 aliphatic heterocycles. The zero-order valence-corrected chi connectivity index (χ0v) is 13.3. The van der Waals surface area contributed by atoms with E-state index >= 15 is 0 Å². The maximum Gasteiger partial charge on any atom is 0.226 e. The van der Waals surface area contributed by atoms with Gasteiger partial charge in [0.25, 0.3) is 0 Å². The van der Waals surface area contributed by atoms with Crippen LogP contribution >= 0.6 is 27.3 Å². The largest absolute Gasteiger partial charge is 0.354 e. The molecule has 3 rings (SSSR count). The number of nitrogens with one attached hydrogen (secondary N) is 2. The molecule has 2 aromatic heterocycles. The molecular formula is C14H13BrN4S. The fourth-order valence-electron chi connectivity index (χ4n) is 1.89. The number of hydrogen-bond donors (Lipinski definition) is 2. The number of hydrogen-bond acceptors (Lipinski definition) is 5. The lowest BCUT2D eigenvalue weighted by atomic mass is 10.3. The first-order valence-electron chi connectivity index (χ1n) is 6.28.